The van der Waals surface area contributed by atoms with E-state index >= 15 is 0 Å². The molecule has 1 N–H and O–H groups in total. The third-order valence-corrected chi connectivity index (χ3v) is 3.15. The van der Waals surface area contributed by atoms with Gasteiger partial charge in [-0.05, 0) is 23.8 Å². The quantitative estimate of drug-likeness (QED) is 0.888. The van der Waals surface area contributed by atoms with Gasteiger partial charge in [0, 0.05) is 38.0 Å². The van der Waals surface area contributed by atoms with E-state index in [1.165, 1.54) is 6.92 Å². The summed E-state index contributed by atoms with van der Waals surface area (Å²) < 4.78 is 0. The Balaban J connectivity index is 2.11. The number of carbonyl (C=O) groups excluding carboxylic acids is 2. The number of hydrogen-bond acceptors (Lipinski definition) is 3. The van der Waals surface area contributed by atoms with Crippen molar-refractivity contribution in [3.8, 4) is 0 Å². The summed E-state index contributed by atoms with van der Waals surface area (Å²) in [5, 5.41) is 2.65. The van der Waals surface area contributed by atoms with Gasteiger partial charge in [0.1, 0.15) is 0 Å². The summed E-state index contributed by atoms with van der Waals surface area (Å²) in [7, 11) is 0. The molecule has 0 saturated carbocycles. The van der Waals surface area contributed by atoms with Gasteiger partial charge in [0.25, 0.3) is 0 Å². The molecule has 0 aliphatic carbocycles. The van der Waals surface area contributed by atoms with Gasteiger partial charge in [0.05, 0.1) is 6.54 Å². The van der Waals surface area contributed by atoms with E-state index in [1.807, 2.05) is 42.5 Å². The highest BCUT2D eigenvalue weighted by Crippen LogP contribution is 2.17. The first-order valence-corrected chi connectivity index (χ1v) is 7.15. The SMILES string of the molecule is CC(=O)NCCC(=O)N(Cc1cccnc1)c1ccccc1. The number of anilines is 1. The van der Waals surface area contributed by atoms with Gasteiger partial charge in [0.15, 0.2) is 0 Å². The van der Waals surface area contributed by atoms with Crippen LogP contribution in [0.4, 0.5) is 5.69 Å². The highest BCUT2D eigenvalue weighted by molar-refractivity contribution is 5.93. The molecule has 0 bridgehead atoms. The second-order valence-corrected chi connectivity index (χ2v) is 4.91. The number of rotatable bonds is 6. The number of aromatic nitrogens is 1. The maximum Gasteiger partial charge on any atom is 0.229 e. The molecular formula is C17H19N3O2. The lowest BCUT2D eigenvalue weighted by molar-refractivity contribution is -0.120. The normalized spacial score (nSPS) is 10.0. The van der Waals surface area contributed by atoms with Gasteiger partial charge in [-0.3, -0.25) is 14.6 Å². The molecule has 1 aromatic carbocycles. The number of nitrogens with zero attached hydrogens (tertiary/aromatic N) is 2. The Hall–Kier alpha value is -2.69. The fourth-order valence-electron chi connectivity index (χ4n) is 2.09. The summed E-state index contributed by atoms with van der Waals surface area (Å²) in [5.74, 6) is -0.171. The van der Waals surface area contributed by atoms with Crippen LogP contribution in [0.5, 0.6) is 0 Å². The minimum absolute atomic E-state index is 0.0381. The molecule has 0 spiro atoms. The number of pyridine rings is 1. The van der Waals surface area contributed by atoms with Crippen molar-refractivity contribution in [2.75, 3.05) is 11.4 Å². The van der Waals surface area contributed by atoms with Gasteiger partial charge in [-0.15, -0.1) is 0 Å². The predicted octanol–water partition coefficient (Wildman–Crippen LogP) is 2.14. The molecule has 2 amide bonds. The number of para-hydroxylation sites is 1. The van der Waals surface area contributed by atoms with Crippen LogP contribution in [0, 0.1) is 0 Å². The highest BCUT2D eigenvalue weighted by atomic mass is 16.2. The van der Waals surface area contributed by atoms with Gasteiger partial charge in [-0.25, -0.2) is 0 Å². The van der Waals surface area contributed by atoms with Crippen LogP contribution >= 0.6 is 0 Å². The molecule has 114 valence electrons. The van der Waals surface area contributed by atoms with Gasteiger partial charge in [0.2, 0.25) is 11.8 Å². The molecule has 0 aliphatic rings. The van der Waals surface area contributed by atoms with Crippen molar-refractivity contribution in [2.45, 2.75) is 19.9 Å². The largest absolute Gasteiger partial charge is 0.356 e. The number of carbonyl (C=O) groups is 2. The van der Waals surface area contributed by atoms with Gasteiger partial charge in [-0.1, -0.05) is 24.3 Å². The predicted molar refractivity (Wildman–Crippen MR) is 85.2 cm³/mol. The molecule has 0 atom stereocenters. The third kappa shape index (κ3) is 4.70. The number of benzene rings is 1. The molecule has 0 radical (unpaired) electrons. The van der Waals surface area contributed by atoms with Crippen molar-refractivity contribution in [2.24, 2.45) is 0 Å². The first-order valence-electron chi connectivity index (χ1n) is 7.15. The van der Waals surface area contributed by atoms with Crippen LogP contribution in [0.25, 0.3) is 0 Å². The molecule has 2 aromatic rings. The molecule has 0 unspecified atom stereocenters. The van der Waals surface area contributed by atoms with Crippen LogP contribution < -0.4 is 10.2 Å². The summed E-state index contributed by atoms with van der Waals surface area (Å²) in [5.41, 5.74) is 1.79. The second kappa shape index (κ2) is 7.93. The fraction of sp³-hybridized carbons (Fsp3) is 0.235. The van der Waals surface area contributed by atoms with Crippen LogP contribution in [0.3, 0.4) is 0 Å². The van der Waals surface area contributed by atoms with Crippen LogP contribution in [0.2, 0.25) is 0 Å². The molecule has 0 saturated heterocycles. The summed E-state index contributed by atoms with van der Waals surface area (Å²) >= 11 is 0. The van der Waals surface area contributed by atoms with Crippen LogP contribution in [0.15, 0.2) is 54.9 Å². The molecule has 1 heterocycles. The first kappa shape index (κ1) is 15.7. The molecule has 22 heavy (non-hydrogen) atoms. The molecule has 2 rings (SSSR count). The Bertz CT molecular complexity index is 614. The van der Waals surface area contributed by atoms with Crippen molar-refractivity contribution in [3.05, 3.63) is 60.4 Å². The Labute approximate surface area is 130 Å². The highest BCUT2D eigenvalue weighted by Gasteiger charge is 2.16. The van der Waals surface area contributed by atoms with E-state index in [0.717, 1.165) is 11.3 Å². The lowest BCUT2D eigenvalue weighted by atomic mass is 10.2. The van der Waals surface area contributed by atoms with Crippen molar-refractivity contribution in [1.29, 1.82) is 0 Å². The van der Waals surface area contributed by atoms with Crippen LogP contribution in [0.1, 0.15) is 18.9 Å². The Morgan fingerprint density at radius 3 is 2.55 bits per heavy atom. The average Bonchev–Trinajstić information content (AvgIpc) is 2.54. The maximum atomic E-state index is 12.5. The Morgan fingerprint density at radius 1 is 1.14 bits per heavy atom. The minimum atomic E-state index is -0.133. The fourth-order valence-corrected chi connectivity index (χ4v) is 2.09. The van der Waals surface area contributed by atoms with Gasteiger partial charge in [-0.2, -0.15) is 0 Å². The van der Waals surface area contributed by atoms with Gasteiger partial charge < -0.3 is 10.2 Å². The Kier molecular flexibility index (Phi) is 5.65. The second-order valence-electron chi connectivity index (χ2n) is 4.91. The molecular weight excluding hydrogens is 278 g/mol. The van der Waals surface area contributed by atoms with Crippen LogP contribution in [-0.2, 0) is 16.1 Å². The average molecular weight is 297 g/mol. The topological polar surface area (TPSA) is 62.3 Å². The van der Waals surface area contributed by atoms with Crippen molar-refractivity contribution in [1.82, 2.24) is 10.3 Å². The van der Waals surface area contributed by atoms with E-state index < -0.39 is 0 Å². The van der Waals surface area contributed by atoms with Crippen LogP contribution in [-0.4, -0.2) is 23.3 Å². The zero-order valence-corrected chi connectivity index (χ0v) is 12.5. The molecule has 1 aromatic heterocycles. The summed E-state index contributed by atoms with van der Waals surface area (Å²) in [6.45, 7) is 2.23. The zero-order valence-electron chi connectivity index (χ0n) is 12.5. The van der Waals surface area contributed by atoms with E-state index in [4.69, 9.17) is 0 Å². The van der Waals surface area contributed by atoms with E-state index in [-0.39, 0.29) is 18.2 Å². The Morgan fingerprint density at radius 2 is 1.91 bits per heavy atom. The van der Waals surface area contributed by atoms with E-state index in [2.05, 4.69) is 10.3 Å². The number of amides is 2. The van der Waals surface area contributed by atoms with Gasteiger partial charge >= 0.3 is 0 Å². The van der Waals surface area contributed by atoms with E-state index in [0.29, 0.717) is 13.1 Å². The monoisotopic (exact) mass is 297 g/mol. The zero-order chi connectivity index (χ0) is 15.8. The van der Waals surface area contributed by atoms with Crippen molar-refractivity contribution in [3.63, 3.8) is 0 Å². The standard InChI is InChI=1S/C17H19N3O2/c1-14(21)19-11-9-17(22)20(16-7-3-2-4-8-16)13-15-6-5-10-18-12-15/h2-8,10,12H,9,11,13H2,1H3,(H,19,21). The minimum Gasteiger partial charge on any atom is -0.356 e. The van der Waals surface area contributed by atoms with E-state index in [9.17, 15) is 9.59 Å². The third-order valence-electron chi connectivity index (χ3n) is 3.15. The molecule has 5 nitrogen and oxygen atoms in total. The first-order chi connectivity index (χ1) is 10.7. The summed E-state index contributed by atoms with van der Waals surface area (Å²) in [6, 6.07) is 13.3. The van der Waals surface area contributed by atoms with Crippen molar-refractivity contribution >= 4 is 17.5 Å². The van der Waals surface area contributed by atoms with E-state index in [1.54, 1.807) is 17.3 Å². The summed E-state index contributed by atoms with van der Waals surface area (Å²) in [4.78, 5) is 29.2. The lowest BCUT2D eigenvalue weighted by Crippen LogP contribution is -2.33. The van der Waals surface area contributed by atoms with Crippen molar-refractivity contribution < 1.29 is 9.59 Å². The number of hydrogen-bond donors (Lipinski definition) is 1. The molecule has 5 heteroatoms. The lowest BCUT2D eigenvalue weighted by Gasteiger charge is -2.23. The smallest absolute Gasteiger partial charge is 0.229 e. The molecule has 0 fully saturated rings. The maximum absolute atomic E-state index is 12.5. The molecule has 0 aliphatic heterocycles. The summed E-state index contributed by atoms with van der Waals surface area (Å²) in [6.07, 6.45) is 3.71. The number of nitrogens with one attached hydrogen (secondary N) is 1.